The smallest absolute Gasteiger partial charge is 0.163 e. The van der Waals surface area contributed by atoms with Crippen LogP contribution in [0.1, 0.15) is 22.3 Å². The molecule has 55 heavy (non-hydrogen) atoms. The lowest BCUT2D eigenvalue weighted by Gasteiger charge is -2.18. The average Bonchev–Trinajstić information content (AvgIpc) is 3.28. The van der Waals surface area contributed by atoms with Crippen LogP contribution in [0.15, 0.2) is 182 Å². The Bertz CT molecular complexity index is 2880. The van der Waals surface area contributed by atoms with Gasteiger partial charge in [-0.2, -0.15) is 0 Å². The van der Waals surface area contributed by atoms with Crippen molar-refractivity contribution in [3.8, 4) is 67.5 Å². The van der Waals surface area contributed by atoms with E-state index in [-0.39, 0.29) is 0 Å². The van der Waals surface area contributed by atoms with E-state index >= 15 is 0 Å². The van der Waals surface area contributed by atoms with E-state index in [1.54, 1.807) is 0 Å². The van der Waals surface area contributed by atoms with Gasteiger partial charge in [0, 0.05) is 29.1 Å². The van der Waals surface area contributed by atoms with Crippen molar-refractivity contribution in [3.05, 3.63) is 205 Å². The van der Waals surface area contributed by atoms with E-state index in [0.717, 1.165) is 51.2 Å². The molecule has 4 nitrogen and oxygen atoms in total. The molecular formula is C51H34N4. The number of hydrogen-bond donors (Lipinski definition) is 0. The predicted octanol–water partition coefficient (Wildman–Crippen LogP) is 12.5. The van der Waals surface area contributed by atoms with Gasteiger partial charge in [-0.15, -0.1) is 0 Å². The minimum Gasteiger partial charge on any atom is -0.236 e. The Morgan fingerprint density at radius 2 is 1.02 bits per heavy atom. The van der Waals surface area contributed by atoms with Crippen LogP contribution in [0.5, 0.6) is 0 Å². The van der Waals surface area contributed by atoms with Crippen molar-refractivity contribution in [3.63, 3.8) is 0 Å². The highest BCUT2D eigenvalue weighted by molar-refractivity contribution is 5.96. The zero-order valence-corrected chi connectivity index (χ0v) is 30.0. The van der Waals surface area contributed by atoms with Crippen LogP contribution in [0.2, 0.25) is 0 Å². The molecule has 1 aliphatic carbocycles. The Morgan fingerprint density at radius 1 is 0.382 bits per heavy atom. The van der Waals surface area contributed by atoms with Gasteiger partial charge < -0.3 is 0 Å². The van der Waals surface area contributed by atoms with Gasteiger partial charge in [-0.05, 0) is 73.8 Å². The molecule has 0 unspecified atom stereocenters. The van der Waals surface area contributed by atoms with Gasteiger partial charge in [-0.3, -0.25) is 0 Å². The van der Waals surface area contributed by atoms with Crippen molar-refractivity contribution in [2.24, 2.45) is 0 Å². The molecule has 0 N–H and O–H groups in total. The molecule has 4 heteroatoms. The summed E-state index contributed by atoms with van der Waals surface area (Å²) in [6.07, 6.45) is 8.95. The molecule has 0 atom stereocenters. The predicted molar refractivity (Wildman–Crippen MR) is 226 cm³/mol. The Labute approximate surface area is 320 Å². The molecule has 0 bridgehead atoms. The summed E-state index contributed by atoms with van der Waals surface area (Å²) in [4.78, 5) is 19.7. The molecule has 2 heterocycles. The molecule has 0 fully saturated rings. The standard InChI is InChI=1S/C51H34N4/c1-3-15-37(16-4-1)48-31-49(55-51(54-48)41-32-52-50(53-33-41)38-17-5-2-6-18-38)40-26-25-36-24-23-34-13-7-10-20-42(34)44-22-12-9-19-39(44)29-47-43-21-11-8-14-35(43)27-28-45(47)46(36)30-40/h1-28,30-33H,29H2. The summed E-state index contributed by atoms with van der Waals surface area (Å²) in [6, 6.07) is 59.9. The number of fused-ring (bicyclic) bond motifs is 8. The number of aromatic nitrogens is 4. The second kappa shape index (κ2) is 13.9. The maximum Gasteiger partial charge on any atom is 0.163 e. The number of rotatable bonds is 4. The molecule has 7 aromatic carbocycles. The van der Waals surface area contributed by atoms with Gasteiger partial charge in [-0.1, -0.05) is 170 Å². The van der Waals surface area contributed by atoms with E-state index in [0.29, 0.717) is 11.6 Å². The summed E-state index contributed by atoms with van der Waals surface area (Å²) < 4.78 is 0. The maximum atomic E-state index is 5.20. The number of benzene rings is 7. The van der Waals surface area contributed by atoms with Gasteiger partial charge in [0.05, 0.1) is 17.0 Å². The molecular weight excluding hydrogens is 669 g/mol. The summed E-state index contributed by atoms with van der Waals surface area (Å²) >= 11 is 0. The topological polar surface area (TPSA) is 51.6 Å². The Kier molecular flexibility index (Phi) is 8.19. The minimum absolute atomic E-state index is 0.576. The molecule has 258 valence electrons. The molecule has 0 radical (unpaired) electrons. The monoisotopic (exact) mass is 702 g/mol. The van der Waals surface area contributed by atoms with E-state index < -0.39 is 0 Å². The first-order valence-corrected chi connectivity index (χ1v) is 18.6. The molecule has 0 amide bonds. The highest BCUT2D eigenvalue weighted by Gasteiger charge is 2.19. The van der Waals surface area contributed by atoms with E-state index in [9.17, 15) is 0 Å². The zero-order valence-electron chi connectivity index (χ0n) is 30.0. The Hall–Kier alpha value is -7.30. The van der Waals surface area contributed by atoms with E-state index in [1.165, 1.54) is 44.2 Å². The third-order valence-corrected chi connectivity index (χ3v) is 10.5. The second-order valence-electron chi connectivity index (χ2n) is 13.9. The first-order valence-electron chi connectivity index (χ1n) is 18.6. The van der Waals surface area contributed by atoms with Crippen molar-refractivity contribution in [1.29, 1.82) is 0 Å². The lowest BCUT2D eigenvalue weighted by molar-refractivity contribution is 1.13. The van der Waals surface area contributed by atoms with Crippen LogP contribution in [-0.2, 0) is 6.42 Å². The molecule has 1 aliphatic rings. The second-order valence-corrected chi connectivity index (χ2v) is 13.9. The van der Waals surface area contributed by atoms with Gasteiger partial charge in [0.25, 0.3) is 0 Å². The molecule has 0 spiro atoms. The van der Waals surface area contributed by atoms with Gasteiger partial charge >= 0.3 is 0 Å². The molecule has 10 rings (SSSR count). The summed E-state index contributed by atoms with van der Waals surface area (Å²) in [5.74, 6) is 1.24. The average molecular weight is 703 g/mol. The van der Waals surface area contributed by atoms with E-state index in [4.69, 9.17) is 19.9 Å². The third-order valence-electron chi connectivity index (χ3n) is 10.5. The van der Waals surface area contributed by atoms with Crippen molar-refractivity contribution < 1.29 is 0 Å². The summed E-state index contributed by atoms with van der Waals surface area (Å²) in [6.45, 7) is 0. The zero-order chi connectivity index (χ0) is 36.6. The first kappa shape index (κ1) is 32.4. The van der Waals surface area contributed by atoms with E-state index in [1.807, 2.05) is 60.9 Å². The number of hydrogen-bond acceptors (Lipinski definition) is 4. The summed E-state index contributed by atoms with van der Waals surface area (Å²) in [5, 5.41) is 2.49. The maximum absolute atomic E-state index is 5.20. The fourth-order valence-corrected chi connectivity index (χ4v) is 7.73. The van der Waals surface area contributed by atoms with Crippen molar-refractivity contribution in [2.75, 3.05) is 0 Å². The van der Waals surface area contributed by atoms with Gasteiger partial charge in [0.1, 0.15) is 0 Å². The largest absolute Gasteiger partial charge is 0.236 e. The molecule has 2 aromatic heterocycles. The number of nitrogens with zero attached hydrogens (tertiary/aromatic N) is 4. The lowest BCUT2D eigenvalue weighted by atomic mass is 9.86. The SMILES string of the molecule is C1=Cc2ccc(-c3cc(-c4ccccc4)nc(-c4cnc(-c5ccccc5)nc4)n3)cc2-c2ccc3ccccc3c2Cc2ccccc2-c2ccccc21. The molecule has 0 aliphatic heterocycles. The van der Waals surface area contributed by atoms with Gasteiger partial charge in [-0.25, -0.2) is 19.9 Å². The Morgan fingerprint density at radius 3 is 1.82 bits per heavy atom. The fourth-order valence-electron chi connectivity index (χ4n) is 7.73. The lowest BCUT2D eigenvalue weighted by Crippen LogP contribution is -1.99. The summed E-state index contributed by atoms with van der Waals surface area (Å²) in [5.41, 5.74) is 15.2. The van der Waals surface area contributed by atoms with Crippen LogP contribution in [0, 0.1) is 0 Å². The normalized spacial score (nSPS) is 11.9. The quantitative estimate of drug-likeness (QED) is 0.183. The van der Waals surface area contributed by atoms with E-state index in [2.05, 4.69) is 133 Å². The highest BCUT2D eigenvalue weighted by atomic mass is 14.9. The van der Waals surface area contributed by atoms with Crippen LogP contribution in [0.4, 0.5) is 0 Å². The third kappa shape index (κ3) is 6.20. The summed E-state index contributed by atoms with van der Waals surface area (Å²) in [7, 11) is 0. The van der Waals surface area contributed by atoms with Crippen LogP contribution in [0.25, 0.3) is 90.5 Å². The van der Waals surface area contributed by atoms with Crippen LogP contribution < -0.4 is 0 Å². The fraction of sp³-hybridized carbons (Fsp3) is 0.0196. The van der Waals surface area contributed by atoms with Crippen molar-refractivity contribution >= 4 is 22.9 Å². The van der Waals surface area contributed by atoms with Crippen LogP contribution >= 0.6 is 0 Å². The first-order chi connectivity index (χ1) is 27.2. The molecule has 0 saturated heterocycles. The highest BCUT2D eigenvalue weighted by Crippen LogP contribution is 2.40. The molecule has 0 saturated carbocycles. The van der Waals surface area contributed by atoms with Gasteiger partial charge in [0.15, 0.2) is 11.6 Å². The minimum atomic E-state index is 0.576. The van der Waals surface area contributed by atoms with Gasteiger partial charge in [0.2, 0.25) is 0 Å². The Balaban J connectivity index is 1.18. The van der Waals surface area contributed by atoms with Crippen LogP contribution in [0.3, 0.4) is 0 Å². The van der Waals surface area contributed by atoms with Crippen molar-refractivity contribution in [1.82, 2.24) is 19.9 Å². The molecule has 9 aromatic rings. The van der Waals surface area contributed by atoms with Crippen LogP contribution in [-0.4, -0.2) is 19.9 Å². The van der Waals surface area contributed by atoms with Crippen molar-refractivity contribution in [2.45, 2.75) is 6.42 Å².